The van der Waals surface area contributed by atoms with Crippen LogP contribution in [-0.4, -0.2) is 10.9 Å². The molecular weight excluding hydrogens is 305 g/mol. The Morgan fingerprint density at radius 3 is 2.52 bits per heavy atom. The Balaban J connectivity index is 1.81. The lowest BCUT2D eigenvalue weighted by Crippen LogP contribution is -2.18. The predicted octanol–water partition coefficient (Wildman–Crippen LogP) is 4.37. The van der Waals surface area contributed by atoms with Crippen LogP contribution < -0.4 is 5.32 Å². The summed E-state index contributed by atoms with van der Waals surface area (Å²) in [6.45, 7) is 0. The number of carbonyl (C=O) groups is 1. The summed E-state index contributed by atoms with van der Waals surface area (Å²) in [5, 5.41) is 3.23. The number of aromatic nitrogens is 1. The van der Waals surface area contributed by atoms with Crippen LogP contribution in [0, 0.1) is 0 Å². The van der Waals surface area contributed by atoms with Crippen molar-refractivity contribution >= 4 is 22.5 Å². The van der Waals surface area contributed by atoms with Gasteiger partial charge < -0.3 is 10.3 Å². The molecule has 1 aromatic heterocycles. The van der Waals surface area contributed by atoms with Gasteiger partial charge in [0.05, 0.1) is 17.7 Å². The topological polar surface area (TPSA) is 44.9 Å². The van der Waals surface area contributed by atoms with E-state index in [0.717, 1.165) is 22.5 Å². The van der Waals surface area contributed by atoms with Crippen molar-refractivity contribution in [3.63, 3.8) is 0 Å². The number of alkyl halides is 3. The van der Waals surface area contributed by atoms with Gasteiger partial charge in [0, 0.05) is 17.1 Å². The fourth-order valence-corrected chi connectivity index (χ4v) is 2.48. The molecule has 2 aromatic carbocycles. The molecule has 23 heavy (non-hydrogen) atoms. The highest BCUT2D eigenvalue weighted by Crippen LogP contribution is 2.34. The largest absolute Gasteiger partial charge is 0.418 e. The predicted molar refractivity (Wildman–Crippen MR) is 82.1 cm³/mol. The van der Waals surface area contributed by atoms with Crippen LogP contribution in [0.1, 0.15) is 11.1 Å². The Morgan fingerprint density at radius 1 is 1.04 bits per heavy atom. The summed E-state index contributed by atoms with van der Waals surface area (Å²) < 4.78 is 38.8. The van der Waals surface area contributed by atoms with E-state index in [1.807, 2.05) is 24.3 Å². The van der Waals surface area contributed by atoms with Crippen LogP contribution >= 0.6 is 0 Å². The molecule has 0 unspecified atom stereocenters. The zero-order valence-corrected chi connectivity index (χ0v) is 11.9. The quantitative estimate of drug-likeness (QED) is 0.740. The molecule has 118 valence electrons. The molecule has 1 heterocycles. The standard InChI is InChI=1S/C17H13F3N2O/c18-17(19,20)13-6-2-4-8-15(13)22-16(23)9-11-10-21-14-7-3-1-5-12(11)14/h1-8,10,21H,9H2,(H,22,23). The number of aromatic amines is 1. The number of amides is 1. The van der Waals surface area contributed by atoms with Crippen LogP contribution in [0.15, 0.2) is 54.7 Å². The average molecular weight is 318 g/mol. The van der Waals surface area contributed by atoms with Crippen LogP contribution in [0.3, 0.4) is 0 Å². The van der Waals surface area contributed by atoms with E-state index in [9.17, 15) is 18.0 Å². The molecule has 6 heteroatoms. The molecule has 0 spiro atoms. The third-order valence-corrected chi connectivity index (χ3v) is 3.53. The monoisotopic (exact) mass is 318 g/mol. The molecule has 0 bridgehead atoms. The third kappa shape index (κ3) is 3.21. The van der Waals surface area contributed by atoms with E-state index < -0.39 is 17.6 Å². The maximum atomic E-state index is 12.9. The van der Waals surface area contributed by atoms with E-state index in [0.29, 0.717) is 0 Å². The maximum Gasteiger partial charge on any atom is 0.418 e. The van der Waals surface area contributed by atoms with Crippen molar-refractivity contribution in [2.45, 2.75) is 12.6 Å². The van der Waals surface area contributed by atoms with Crippen molar-refractivity contribution in [2.75, 3.05) is 5.32 Å². The van der Waals surface area contributed by atoms with Crippen molar-refractivity contribution in [2.24, 2.45) is 0 Å². The van der Waals surface area contributed by atoms with Crippen molar-refractivity contribution in [1.29, 1.82) is 0 Å². The first kappa shape index (κ1) is 15.1. The van der Waals surface area contributed by atoms with Crippen molar-refractivity contribution in [3.05, 3.63) is 65.9 Å². The highest BCUT2D eigenvalue weighted by molar-refractivity contribution is 5.96. The number of H-pyrrole nitrogens is 1. The SMILES string of the molecule is O=C(Cc1c[nH]c2ccccc12)Nc1ccccc1C(F)(F)F. The molecule has 0 fully saturated rings. The lowest BCUT2D eigenvalue weighted by molar-refractivity contribution is -0.137. The number of halogens is 3. The highest BCUT2D eigenvalue weighted by atomic mass is 19.4. The van der Waals surface area contributed by atoms with Gasteiger partial charge in [0.15, 0.2) is 0 Å². The summed E-state index contributed by atoms with van der Waals surface area (Å²) in [6, 6.07) is 12.4. The first-order valence-electron chi connectivity index (χ1n) is 6.96. The molecule has 3 aromatic rings. The Kier molecular flexibility index (Phi) is 3.82. The molecular formula is C17H13F3N2O. The molecule has 0 aliphatic carbocycles. The molecule has 0 saturated heterocycles. The van der Waals surface area contributed by atoms with Crippen molar-refractivity contribution in [3.8, 4) is 0 Å². The summed E-state index contributed by atoms with van der Waals surface area (Å²) in [5.41, 5.74) is 0.533. The molecule has 2 N–H and O–H groups in total. The number of benzene rings is 2. The van der Waals surface area contributed by atoms with Gasteiger partial charge in [0.2, 0.25) is 5.91 Å². The summed E-state index contributed by atoms with van der Waals surface area (Å²) >= 11 is 0. The molecule has 0 saturated carbocycles. The first-order valence-corrected chi connectivity index (χ1v) is 6.96. The second-order valence-corrected chi connectivity index (χ2v) is 5.13. The smallest absolute Gasteiger partial charge is 0.361 e. The second-order valence-electron chi connectivity index (χ2n) is 5.13. The van der Waals surface area contributed by atoms with Crippen LogP contribution in [0.5, 0.6) is 0 Å². The minimum atomic E-state index is -4.51. The molecule has 1 amide bonds. The second kappa shape index (κ2) is 5.79. The summed E-state index contributed by atoms with van der Waals surface area (Å²) in [5.74, 6) is -0.494. The van der Waals surface area contributed by atoms with Gasteiger partial charge in [-0.05, 0) is 23.8 Å². The number of hydrogen-bond donors (Lipinski definition) is 2. The number of hydrogen-bond acceptors (Lipinski definition) is 1. The van der Waals surface area contributed by atoms with Gasteiger partial charge in [0.1, 0.15) is 0 Å². The normalized spacial score (nSPS) is 11.6. The van der Waals surface area contributed by atoms with Gasteiger partial charge >= 0.3 is 6.18 Å². The number of rotatable bonds is 3. The Bertz CT molecular complexity index is 852. The lowest BCUT2D eigenvalue weighted by Gasteiger charge is -2.13. The lowest BCUT2D eigenvalue weighted by atomic mass is 10.1. The van der Waals surface area contributed by atoms with E-state index >= 15 is 0 Å². The first-order chi connectivity index (χ1) is 10.9. The minimum Gasteiger partial charge on any atom is -0.361 e. The van der Waals surface area contributed by atoms with E-state index in [4.69, 9.17) is 0 Å². The number of para-hydroxylation sites is 2. The number of anilines is 1. The van der Waals surface area contributed by atoms with E-state index in [1.165, 1.54) is 18.2 Å². The molecule has 3 nitrogen and oxygen atoms in total. The number of fused-ring (bicyclic) bond motifs is 1. The van der Waals surface area contributed by atoms with Crippen LogP contribution in [0.2, 0.25) is 0 Å². The van der Waals surface area contributed by atoms with Crippen LogP contribution in [0.25, 0.3) is 10.9 Å². The van der Waals surface area contributed by atoms with Crippen molar-refractivity contribution in [1.82, 2.24) is 4.98 Å². The van der Waals surface area contributed by atoms with Crippen LogP contribution in [0.4, 0.5) is 18.9 Å². The fourth-order valence-electron chi connectivity index (χ4n) is 2.48. The van der Waals surface area contributed by atoms with E-state index in [1.54, 1.807) is 6.20 Å². The third-order valence-electron chi connectivity index (χ3n) is 3.53. The van der Waals surface area contributed by atoms with Gasteiger partial charge in [-0.1, -0.05) is 30.3 Å². The van der Waals surface area contributed by atoms with E-state index in [2.05, 4.69) is 10.3 Å². The fraction of sp³-hybridized carbons (Fsp3) is 0.118. The Labute approximate surface area is 130 Å². The van der Waals surface area contributed by atoms with Crippen LogP contribution in [-0.2, 0) is 17.4 Å². The van der Waals surface area contributed by atoms with Gasteiger partial charge in [-0.3, -0.25) is 4.79 Å². The minimum absolute atomic E-state index is 0.00377. The number of carbonyl (C=O) groups excluding carboxylic acids is 1. The van der Waals surface area contributed by atoms with Gasteiger partial charge in [0.25, 0.3) is 0 Å². The molecule has 0 aliphatic heterocycles. The zero-order valence-electron chi connectivity index (χ0n) is 11.9. The van der Waals surface area contributed by atoms with E-state index in [-0.39, 0.29) is 12.1 Å². The van der Waals surface area contributed by atoms with Gasteiger partial charge in [-0.25, -0.2) is 0 Å². The highest BCUT2D eigenvalue weighted by Gasteiger charge is 2.33. The maximum absolute atomic E-state index is 12.9. The molecule has 0 radical (unpaired) electrons. The van der Waals surface area contributed by atoms with Crippen molar-refractivity contribution < 1.29 is 18.0 Å². The van der Waals surface area contributed by atoms with Gasteiger partial charge in [-0.2, -0.15) is 13.2 Å². The summed E-state index contributed by atoms with van der Waals surface area (Å²) in [4.78, 5) is 15.1. The average Bonchev–Trinajstić information content (AvgIpc) is 2.90. The Morgan fingerprint density at radius 2 is 1.74 bits per heavy atom. The molecule has 3 rings (SSSR count). The summed E-state index contributed by atoms with van der Waals surface area (Å²) in [6.07, 6.45) is -2.82. The summed E-state index contributed by atoms with van der Waals surface area (Å²) in [7, 11) is 0. The molecule has 0 atom stereocenters. The zero-order chi connectivity index (χ0) is 16.4. The number of nitrogens with one attached hydrogen (secondary N) is 2. The Hall–Kier alpha value is -2.76. The molecule has 0 aliphatic rings. The van der Waals surface area contributed by atoms with Gasteiger partial charge in [-0.15, -0.1) is 0 Å².